The van der Waals surface area contributed by atoms with Gasteiger partial charge in [0, 0.05) is 5.02 Å². The van der Waals surface area contributed by atoms with Gasteiger partial charge in [-0.05, 0) is 30.5 Å². The molecule has 1 nitrogen and oxygen atoms in total. The third kappa shape index (κ3) is 2.05. The van der Waals surface area contributed by atoms with Crippen LogP contribution in [0.5, 0.6) is 0 Å². The van der Waals surface area contributed by atoms with E-state index in [1.54, 1.807) is 0 Å². The number of rotatable bonds is 3. The summed E-state index contributed by atoms with van der Waals surface area (Å²) in [4.78, 5) is 12.1. The Morgan fingerprint density at radius 1 is 1.25 bits per heavy atom. The van der Waals surface area contributed by atoms with Crippen LogP contribution in [0, 0.1) is 0 Å². The topological polar surface area (TPSA) is 17.1 Å². The summed E-state index contributed by atoms with van der Waals surface area (Å²) in [6.07, 6.45) is 4.22. The number of alkyl halides is 1. The summed E-state index contributed by atoms with van der Waals surface area (Å²) < 4.78 is 0. The molecule has 16 heavy (non-hydrogen) atoms. The normalized spacial score (nSPS) is 18.6. The average molecular weight is 302 g/mol. The van der Waals surface area contributed by atoms with Crippen molar-refractivity contribution in [3.05, 3.63) is 34.9 Å². The van der Waals surface area contributed by atoms with Crippen molar-refractivity contribution in [3.8, 4) is 0 Å². The predicted octanol–water partition coefficient (Wildman–Crippen LogP) is 4.12. The first-order valence-electron chi connectivity index (χ1n) is 5.54. The van der Waals surface area contributed by atoms with Gasteiger partial charge in [-0.25, -0.2) is 0 Å². The Kier molecular flexibility index (Phi) is 3.70. The van der Waals surface area contributed by atoms with Gasteiger partial charge >= 0.3 is 0 Å². The number of carbonyl (C=O) groups excluding carboxylic acids is 1. The maximum Gasteiger partial charge on any atom is 0.153 e. The Labute approximate surface area is 109 Å². The molecule has 1 aromatic rings. The van der Waals surface area contributed by atoms with Crippen LogP contribution in [0.4, 0.5) is 0 Å². The van der Waals surface area contributed by atoms with E-state index in [1.807, 2.05) is 24.3 Å². The Hall–Kier alpha value is -0.340. The van der Waals surface area contributed by atoms with Crippen molar-refractivity contribution >= 4 is 33.3 Å². The quantitative estimate of drug-likeness (QED) is 0.768. The van der Waals surface area contributed by atoms with Crippen LogP contribution >= 0.6 is 27.5 Å². The monoisotopic (exact) mass is 300 g/mol. The van der Waals surface area contributed by atoms with E-state index in [0.717, 1.165) is 36.3 Å². The molecule has 0 aliphatic heterocycles. The lowest BCUT2D eigenvalue weighted by molar-refractivity contribution is -0.121. The van der Waals surface area contributed by atoms with Crippen molar-refractivity contribution in [1.82, 2.24) is 0 Å². The molecule has 0 saturated heterocycles. The molecule has 0 spiro atoms. The average Bonchev–Trinajstić information content (AvgIpc) is 2.79. The fourth-order valence-electron chi connectivity index (χ4n) is 2.60. The molecule has 1 saturated carbocycles. The van der Waals surface area contributed by atoms with E-state index in [0.29, 0.717) is 11.1 Å². The van der Waals surface area contributed by atoms with Gasteiger partial charge in [0.15, 0.2) is 5.78 Å². The Balaban J connectivity index is 2.39. The summed E-state index contributed by atoms with van der Waals surface area (Å²) in [6.45, 7) is 0. The summed E-state index contributed by atoms with van der Waals surface area (Å²) >= 11 is 9.18. The van der Waals surface area contributed by atoms with Crippen molar-refractivity contribution in [2.45, 2.75) is 31.1 Å². The Morgan fingerprint density at radius 2 is 1.81 bits per heavy atom. The number of halogens is 2. The van der Waals surface area contributed by atoms with Gasteiger partial charge in [-0.3, -0.25) is 4.79 Å². The highest BCUT2D eigenvalue weighted by atomic mass is 79.9. The third-order valence-electron chi connectivity index (χ3n) is 3.51. The maximum absolute atomic E-state index is 12.1. The van der Waals surface area contributed by atoms with Crippen LogP contribution in [-0.4, -0.2) is 11.1 Å². The zero-order valence-electron chi connectivity index (χ0n) is 9.01. The molecule has 0 atom stereocenters. The first-order valence-corrected chi connectivity index (χ1v) is 7.04. The highest BCUT2D eigenvalue weighted by Crippen LogP contribution is 2.42. The standard InChI is InChI=1S/C13H14BrClO/c14-9-12(16)13(7-1-2-8-13)10-3-5-11(15)6-4-10/h3-6H,1-2,7-9H2. The molecule has 0 unspecified atom stereocenters. The van der Waals surface area contributed by atoms with Crippen molar-refractivity contribution in [3.63, 3.8) is 0 Å². The number of ketones is 1. The van der Waals surface area contributed by atoms with Crippen LogP contribution in [0.1, 0.15) is 31.2 Å². The van der Waals surface area contributed by atoms with Crippen LogP contribution in [0.3, 0.4) is 0 Å². The van der Waals surface area contributed by atoms with Crippen LogP contribution in [0.15, 0.2) is 24.3 Å². The molecule has 1 aliphatic carbocycles. The van der Waals surface area contributed by atoms with Gasteiger partial charge in [0.25, 0.3) is 0 Å². The zero-order valence-corrected chi connectivity index (χ0v) is 11.4. The van der Waals surface area contributed by atoms with E-state index in [1.165, 1.54) is 0 Å². The van der Waals surface area contributed by atoms with Crippen LogP contribution in [0.25, 0.3) is 0 Å². The smallest absolute Gasteiger partial charge is 0.153 e. The number of hydrogen-bond acceptors (Lipinski definition) is 1. The van der Waals surface area contributed by atoms with Gasteiger partial charge < -0.3 is 0 Å². The summed E-state index contributed by atoms with van der Waals surface area (Å²) in [6, 6.07) is 7.74. The molecule has 1 aromatic carbocycles. The van der Waals surface area contributed by atoms with Crippen LogP contribution in [-0.2, 0) is 10.2 Å². The molecule has 1 aliphatic rings. The first kappa shape index (κ1) is 12.1. The van der Waals surface area contributed by atoms with Gasteiger partial charge in [0.1, 0.15) is 0 Å². The number of hydrogen-bond donors (Lipinski definition) is 0. The molecule has 0 aromatic heterocycles. The van der Waals surface area contributed by atoms with Crippen LogP contribution in [0.2, 0.25) is 5.02 Å². The fourth-order valence-corrected chi connectivity index (χ4v) is 3.27. The largest absolute Gasteiger partial charge is 0.298 e. The minimum absolute atomic E-state index is 0.256. The molecule has 0 N–H and O–H groups in total. The van der Waals surface area contributed by atoms with Crippen molar-refractivity contribution < 1.29 is 4.79 Å². The molecule has 0 amide bonds. The van der Waals surface area contributed by atoms with E-state index >= 15 is 0 Å². The molecule has 1 fully saturated rings. The van der Waals surface area contributed by atoms with Gasteiger partial charge in [-0.15, -0.1) is 0 Å². The maximum atomic E-state index is 12.1. The lowest BCUT2D eigenvalue weighted by Crippen LogP contribution is -2.33. The van der Waals surface area contributed by atoms with Crippen molar-refractivity contribution in [1.29, 1.82) is 0 Å². The highest BCUT2D eigenvalue weighted by molar-refractivity contribution is 9.09. The molecule has 3 heteroatoms. The summed E-state index contributed by atoms with van der Waals surface area (Å²) in [5.74, 6) is 0.298. The summed E-state index contributed by atoms with van der Waals surface area (Å²) in [7, 11) is 0. The van der Waals surface area contributed by atoms with Gasteiger partial charge in [-0.2, -0.15) is 0 Å². The molecule has 86 valence electrons. The Morgan fingerprint density at radius 3 is 2.31 bits per heavy atom. The van der Waals surface area contributed by atoms with Gasteiger partial charge in [-0.1, -0.05) is 52.5 Å². The van der Waals surface area contributed by atoms with Gasteiger partial charge in [0.05, 0.1) is 10.7 Å². The lowest BCUT2D eigenvalue weighted by Gasteiger charge is -2.27. The molecule has 0 radical (unpaired) electrons. The summed E-state index contributed by atoms with van der Waals surface area (Å²) in [5, 5.41) is 1.17. The molecule has 0 bridgehead atoms. The lowest BCUT2D eigenvalue weighted by atomic mass is 9.76. The SMILES string of the molecule is O=C(CBr)C1(c2ccc(Cl)cc2)CCCC1. The molecular formula is C13H14BrClO. The fraction of sp³-hybridized carbons (Fsp3) is 0.462. The number of carbonyl (C=O) groups is 1. The van der Waals surface area contributed by atoms with E-state index in [-0.39, 0.29) is 5.41 Å². The molecule has 0 heterocycles. The highest BCUT2D eigenvalue weighted by Gasteiger charge is 2.41. The number of benzene rings is 1. The molecule has 2 rings (SSSR count). The molecular weight excluding hydrogens is 287 g/mol. The second kappa shape index (κ2) is 4.89. The summed E-state index contributed by atoms with van der Waals surface area (Å²) in [5.41, 5.74) is 0.868. The first-order chi connectivity index (χ1) is 7.69. The zero-order chi connectivity index (χ0) is 11.6. The van der Waals surface area contributed by atoms with E-state index < -0.39 is 0 Å². The Bertz CT molecular complexity index is 379. The van der Waals surface area contributed by atoms with E-state index in [2.05, 4.69) is 15.9 Å². The van der Waals surface area contributed by atoms with Crippen molar-refractivity contribution in [2.75, 3.05) is 5.33 Å². The van der Waals surface area contributed by atoms with Gasteiger partial charge in [0.2, 0.25) is 0 Å². The second-order valence-electron chi connectivity index (χ2n) is 4.35. The number of Topliss-reactive ketones (excluding diaryl/α,β-unsaturated/α-hetero) is 1. The van der Waals surface area contributed by atoms with E-state index in [4.69, 9.17) is 11.6 Å². The minimum atomic E-state index is -0.256. The predicted molar refractivity (Wildman–Crippen MR) is 70.4 cm³/mol. The minimum Gasteiger partial charge on any atom is -0.298 e. The third-order valence-corrected chi connectivity index (χ3v) is 4.27. The van der Waals surface area contributed by atoms with Crippen molar-refractivity contribution in [2.24, 2.45) is 0 Å². The van der Waals surface area contributed by atoms with E-state index in [9.17, 15) is 4.79 Å². The second-order valence-corrected chi connectivity index (χ2v) is 5.35. The van der Waals surface area contributed by atoms with Crippen LogP contribution < -0.4 is 0 Å².